The summed E-state index contributed by atoms with van der Waals surface area (Å²) >= 11 is 0. The standard InChI is InChI=1S/C11H21NO2/c1-8(2)9(3)12-11(13)10-4-6-14-7-5-10/h8-10H,4-7H2,1-3H3,(H,12,13). The number of rotatable bonds is 3. The lowest BCUT2D eigenvalue weighted by molar-refractivity contribution is -0.128. The second kappa shape index (κ2) is 5.35. The molecular weight excluding hydrogens is 178 g/mol. The van der Waals surface area contributed by atoms with E-state index in [1.54, 1.807) is 0 Å². The molecule has 1 aliphatic rings. The summed E-state index contributed by atoms with van der Waals surface area (Å²) in [6.45, 7) is 7.76. The Labute approximate surface area is 86.2 Å². The Morgan fingerprint density at radius 2 is 1.86 bits per heavy atom. The maximum Gasteiger partial charge on any atom is 0.223 e. The number of carbonyl (C=O) groups is 1. The van der Waals surface area contributed by atoms with Crippen LogP contribution in [0.5, 0.6) is 0 Å². The summed E-state index contributed by atoms with van der Waals surface area (Å²) in [5, 5.41) is 3.05. The molecule has 1 amide bonds. The van der Waals surface area contributed by atoms with Gasteiger partial charge >= 0.3 is 0 Å². The van der Waals surface area contributed by atoms with Crippen LogP contribution in [0.1, 0.15) is 33.6 Å². The largest absolute Gasteiger partial charge is 0.381 e. The highest BCUT2D eigenvalue weighted by Gasteiger charge is 2.23. The van der Waals surface area contributed by atoms with Crippen molar-refractivity contribution >= 4 is 5.91 Å². The van der Waals surface area contributed by atoms with Crippen LogP contribution < -0.4 is 5.32 Å². The van der Waals surface area contributed by atoms with Crippen molar-refractivity contribution in [3.8, 4) is 0 Å². The average Bonchev–Trinajstić information content (AvgIpc) is 2.19. The summed E-state index contributed by atoms with van der Waals surface area (Å²) in [7, 11) is 0. The van der Waals surface area contributed by atoms with Crippen molar-refractivity contribution in [3.63, 3.8) is 0 Å². The minimum absolute atomic E-state index is 0.171. The Morgan fingerprint density at radius 3 is 2.36 bits per heavy atom. The third kappa shape index (κ3) is 3.29. The molecule has 3 heteroatoms. The van der Waals surface area contributed by atoms with Crippen LogP contribution in [0.15, 0.2) is 0 Å². The van der Waals surface area contributed by atoms with E-state index in [2.05, 4.69) is 26.1 Å². The molecule has 82 valence electrons. The van der Waals surface area contributed by atoms with E-state index in [0.29, 0.717) is 5.92 Å². The lowest BCUT2D eigenvalue weighted by Gasteiger charge is -2.24. The van der Waals surface area contributed by atoms with Crippen LogP contribution in [-0.4, -0.2) is 25.2 Å². The van der Waals surface area contributed by atoms with E-state index in [1.807, 2.05) is 0 Å². The number of carbonyl (C=O) groups excluding carboxylic acids is 1. The molecule has 1 unspecified atom stereocenters. The highest BCUT2D eigenvalue weighted by atomic mass is 16.5. The van der Waals surface area contributed by atoms with Crippen LogP contribution in [0.2, 0.25) is 0 Å². The summed E-state index contributed by atoms with van der Waals surface area (Å²) in [6.07, 6.45) is 1.74. The third-order valence-electron chi connectivity index (χ3n) is 2.96. The van der Waals surface area contributed by atoms with Gasteiger partial charge in [0.25, 0.3) is 0 Å². The van der Waals surface area contributed by atoms with E-state index < -0.39 is 0 Å². The fourth-order valence-corrected chi connectivity index (χ4v) is 1.47. The van der Waals surface area contributed by atoms with Gasteiger partial charge in [-0.3, -0.25) is 4.79 Å². The van der Waals surface area contributed by atoms with Gasteiger partial charge in [-0.2, -0.15) is 0 Å². The molecule has 0 aromatic heterocycles. The maximum absolute atomic E-state index is 11.7. The van der Waals surface area contributed by atoms with Crippen molar-refractivity contribution in [3.05, 3.63) is 0 Å². The summed E-state index contributed by atoms with van der Waals surface area (Å²) in [6, 6.07) is 0.269. The highest BCUT2D eigenvalue weighted by molar-refractivity contribution is 5.79. The molecule has 14 heavy (non-hydrogen) atoms. The molecule has 1 saturated heterocycles. The molecular formula is C11H21NO2. The summed E-state index contributed by atoms with van der Waals surface area (Å²) in [4.78, 5) is 11.7. The van der Waals surface area contributed by atoms with Crippen LogP contribution in [0, 0.1) is 11.8 Å². The fraction of sp³-hybridized carbons (Fsp3) is 0.909. The molecule has 0 aromatic rings. The van der Waals surface area contributed by atoms with Crippen LogP contribution >= 0.6 is 0 Å². The zero-order chi connectivity index (χ0) is 10.6. The Hall–Kier alpha value is -0.570. The lowest BCUT2D eigenvalue weighted by Crippen LogP contribution is -2.41. The topological polar surface area (TPSA) is 38.3 Å². The third-order valence-corrected chi connectivity index (χ3v) is 2.96. The normalized spacial score (nSPS) is 20.9. The van der Waals surface area contributed by atoms with E-state index in [9.17, 15) is 4.79 Å². The Bertz CT molecular complexity index is 186. The molecule has 0 saturated carbocycles. The average molecular weight is 199 g/mol. The van der Waals surface area contributed by atoms with E-state index in [-0.39, 0.29) is 17.9 Å². The molecule has 0 aliphatic carbocycles. The smallest absolute Gasteiger partial charge is 0.223 e. The predicted octanol–water partition coefficient (Wildman–Crippen LogP) is 1.57. The number of hydrogen-bond acceptors (Lipinski definition) is 2. The summed E-state index contributed by atoms with van der Waals surface area (Å²) in [5.41, 5.74) is 0. The fourth-order valence-electron chi connectivity index (χ4n) is 1.47. The molecule has 1 aliphatic heterocycles. The number of nitrogens with one attached hydrogen (secondary N) is 1. The number of hydrogen-bond donors (Lipinski definition) is 1. The molecule has 1 atom stereocenters. The van der Waals surface area contributed by atoms with Gasteiger partial charge in [-0.05, 0) is 25.7 Å². The Kier molecular flexibility index (Phi) is 4.39. The van der Waals surface area contributed by atoms with Gasteiger partial charge in [0, 0.05) is 25.2 Å². The van der Waals surface area contributed by atoms with Crippen LogP contribution in [0.4, 0.5) is 0 Å². The van der Waals surface area contributed by atoms with Gasteiger partial charge in [0.05, 0.1) is 0 Å². The van der Waals surface area contributed by atoms with Crippen LogP contribution in [-0.2, 0) is 9.53 Å². The zero-order valence-corrected chi connectivity index (χ0v) is 9.38. The van der Waals surface area contributed by atoms with Crippen molar-refractivity contribution < 1.29 is 9.53 Å². The van der Waals surface area contributed by atoms with E-state index in [0.717, 1.165) is 26.1 Å². The first-order valence-corrected chi connectivity index (χ1v) is 5.49. The van der Waals surface area contributed by atoms with Crippen LogP contribution in [0.3, 0.4) is 0 Å². The van der Waals surface area contributed by atoms with Gasteiger partial charge in [-0.15, -0.1) is 0 Å². The van der Waals surface area contributed by atoms with Gasteiger partial charge in [0.1, 0.15) is 0 Å². The molecule has 1 fully saturated rings. The molecule has 0 aromatic carbocycles. The maximum atomic E-state index is 11.7. The second-order valence-electron chi connectivity index (χ2n) is 4.43. The quantitative estimate of drug-likeness (QED) is 0.749. The monoisotopic (exact) mass is 199 g/mol. The molecule has 0 bridgehead atoms. The van der Waals surface area contributed by atoms with Crippen molar-refractivity contribution in [2.75, 3.05) is 13.2 Å². The Balaban J connectivity index is 2.33. The molecule has 0 spiro atoms. The summed E-state index contributed by atoms with van der Waals surface area (Å²) in [5.74, 6) is 0.873. The predicted molar refractivity (Wildman–Crippen MR) is 56.0 cm³/mol. The second-order valence-corrected chi connectivity index (χ2v) is 4.43. The first-order chi connectivity index (χ1) is 6.61. The molecule has 1 heterocycles. The van der Waals surface area contributed by atoms with Gasteiger partial charge in [-0.25, -0.2) is 0 Å². The molecule has 3 nitrogen and oxygen atoms in total. The number of ether oxygens (including phenoxy) is 1. The molecule has 1 rings (SSSR count). The minimum atomic E-state index is 0.171. The van der Waals surface area contributed by atoms with E-state index in [4.69, 9.17) is 4.74 Å². The van der Waals surface area contributed by atoms with Gasteiger partial charge < -0.3 is 10.1 Å². The molecule has 0 radical (unpaired) electrons. The van der Waals surface area contributed by atoms with Gasteiger partial charge in [-0.1, -0.05) is 13.8 Å². The Morgan fingerprint density at radius 1 is 1.29 bits per heavy atom. The van der Waals surface area contributed by atoms with Crippen molar-refractivity contribution in [2.24, 2.45) is 11.8 Å². The van der Waals surface area contributed by atoms with Crippen molar-refractivity contribution in [1.29, 1.82) is 0 Å². The van der Waals surface area contributed by atoms with E-state index in [1.165, 1.54) is 0 Å². The minimum Gasteiger partial charge on any atom is -0.381 e. The molecule has 1 N–H and O–H groups in total. The highest BCUT2D eigenvalue weighted by Crippen LogP contribution is 2.15. The first-order valence-electron chi connectivity index (χ1n) is 5.49. The summed E-state index contributed by atoms with van der Waals surface area (Å²) < 4.78 is 5.22. The van der Waals surface area contributed by atoms with Crippen LogP contribution in [0.25, 0.3) is 0 Å². The van der Waals surface area contributed by atoms with Gasteiger partial charge in [0.2, 0.25) is 5.91 Å². The van der Waals surface area contributed by atoms with Crippen molar-refractivity contribution in [2.45, 2.75) is 39.7 Å². The SMILES string of the molecule is CC(C)C(C)NC(=O)C1CCOCC1. The van der Waals surface area contributed by atoms with Gasteiger partial charge in [0.15, 0.2) is 0 Å². The number of amides is 1. The van der Waals surface area contributed by atoms with E-state index >= 15 is 0 Å². The van der Waals surface area contributed by atoms with Crippen molar-refractivity contribution in [1.82, 2.24) is 5.32 Å². The first kappa shape index (κ1) is 11.5. The lowest BCUT2D eigenvalue weighted by atomic mass is 9.98. The zero-order valence-electron chi connectivity index (χ0n) is 9.38.